The zero-order valence-corrected chi connectivity index (χ0v) is 26.6. The number of carbonyl (C=O) groups is 1. The number of ether oxygens (including phenoxy) is 1. The Morgan fingerprint density at radius 3 is 2.56 bits per heavy atom. The van der Waals surface area contributed by atoms with Gasteiger partial charge in [0.1, 0.15) is 6.61 Å². The number of hydrogen-bond donors (Lipinski definition) is 0. The molecule has 0 saturated carbocycles. The van der Waals surface area contributed by atoms with Crippen LogP contribution in [0.2, 0.25) is 0 Å². The standard InChI is InChI=1S/C32H36BrN7O3/c1-20-15-24(7-9-27(20)33)30(41)38-19-28-26(17-22(38)3)31(42)39(32(35-28)40-23(4)16-21(2)36-40)25-8-10-29(34-18-25)43-14-13-37-11-5-6-12-37/h7-10,15-16,18,22H,5-6,11-14,17,19H2,1-4H3. The number of carbonyl (C=O) groups excluding carboxylic acids is 1. The molecule has 2 aliphatic rings. The van der Waals surface area contributed by atoms with E-state index in [1.807, 2.05) is 58.0 Å². The van der Waals surface area contributed by atoms with Gasteiger partial charge in [0.15, 0.2) is 0 Å². The van der Waals surface area contributed by atoms with Crippen LogP contribution in [0.3, 0.4) is 0 Å². The van der Waals surface area contributed by atoms with Crippen molar-refractivity contribution < 1.29 is 9.53 Å². The van der Waals surface area contributed by atoms with Gasteiger partial charge in [0.05, 0.1) is 29.8 Å². The number of likely N-dealkylation sites (tertiary alicyclic amines) is 1. The lowest BCUT2D eigenvalue weighted by Gasteiger charge is -2.34. The van der Waals surface area contributed by atoms with Gasteiger partial charge in [-0.25, -0.2) is 19.2 Å². The highest BCUT2D eigenvalue weighted by Gasteiger charge is 2.32. The Balaban J connectivity index is 1.35. The maximum Gasteiger partial charge on any atom is 0.263 e. The van der Waals surface area contributed by atoms with E-state index in [0.717, 1.165) is 41.1 Å². The first-order valence-corrected chi connectivity index (χ1v) is 15.6. The third-order valence-electron chi connectivity index (χ3n) is 8.30. The van der Waals surface area contributed by atoms with Crippen molar-refractivity contribution in [3.8, 4) is 17.5 Å². The fraction of sp³-hybridized carbons (Fsp3) is 0.406. The van der Waals surface area contributed by atoms with E-state index in [1.54, 1.807) is 26.4 Å². The van der Waals surface area contributed by atoms with Crippen LogP contribution in [-0.2, 0) is 13.0 Å². The zero-order chi connectivity index (χ0) is 30.2. The fourth-order valence-corrected chi connectivity index (χ4v) is 6.19. The van der Waals surface area contributed by atoms with E-state index in [4.69, 9.17) is 9.72 Å². The number of benzene rings is 1. The summed E-state index contributed by atoms with van der Waals surface area (Å²) in [5, 5.41) is 4.65. The second kappa shape index (κ2) is 12.0. The minimum atomic E-state index is -0.185. The Morgan fingerprint density at radius 1 is 1.09 bits per heavy atom. The lowest BCUT2D eigenvalue weighted by atomic mass is 9.98. The molecule has 43 heavy (non-hydrogen) atoms. The third kappa shape index (κ3) is 5.88. The van der Waals surface area contributed by atoms with Crippen molar-refractivity contribution in [1.82, 2.24) is 34.1 Å². The molecule has 0 N–H and O–H groups in total. The monoisotopic (exact) mass is 645 g/mol. The molecule has 11 heteroatoms. The van der Waals surface area contributed by atoms with Crippen LogP contribution in [0.4, 0.5) is 0 Å². The summed E-state index contributed by atoms with van der Waals surface area (Å²) in [6.07, 6.45) is 4.52. The summed E-state index contributed by atoms with van der Waals surface area (Å²) in [6.45, 7) is 11.7. The average molecular weight is 647 g/mol. The summed E-state index contributed by atoms with van der Waals surface area (Å²) in [5.41, 5.74) is 4.82. The van der Waals surface area contributed by atoms with Crippen LogP contribution < -0.4 is 10.3 Å². The molecule has 1 saturated heterocycles. The Hall–Kier alpha value is -3.83. The van der Waals surface area contributed by atoms with Crippen molar-refractivity contribution in [2.75, 3.05) is 26.2 Å². The first-order chi connectivity index (χ1) is 20.7. The van der Waals surface area contributed by atoms with Crippen molar-refractivity contribution in [2.24, 2.45) is 0 Å². The van der Waals surface area contributed by atoms with Gasteiger partial charge in [0, 0.05) is 39.9 Å². The first kappa shape index (κ1) is 29.3. The molecule has 0 spiro atoms. The van der Waals surface area contributed by atoms with Gasteiger partial charge in [-0.05, 0) is 95.9 Å². The van der Waals surface area contributed by atoms with Gasteiger partial charge >= 0.3 is 0 Å². The van der Waals surface area contributed by atoms with Crippen molar-refractivity contribution in [3.63, 3.8) is 0 Å². The number of halogens is 1. The fourth-order valence-electron chi connectivity index (χ4n) is 5.94. The van der Waals surface area contributed by atoms with Gasteiger partial charge in [0.2, 0.25) is 11.8 Å². The van der Waals surface area contributed by atoms with Gasteiger partial charge in [-0.2, -0.15) is 5.10 Å². The maximum atomic E-state index is 14.2. The van der Waals surface area contributed by atoms with Crippen LogP contribution in [0.15, 0.2) is 51.9 Å². The zero-order valence-electron chi connectivity index (χ0n) is 25.0. The maximum absolute atomic E-state index is 14.2. The van der Waals surface area contributed by atoms with Crippen LogP contribution in [0, 0.1) is 20.8 Å². The summed E-state index contributed by atoms with van der Waals surface area (Å²) >= 11 is 3.51. The predicted molar refractivity (Wildman–Crippen MR) is 167 cm³/mol. The van der Waals surface area contributed by atoms with Gasteiger partial charge in [-0.3, -0.25) is 14.5 Å². The average Bonchev–Trinajstić information content (AvgIpc) is 3.63. The van der Waals surface area contributed by atoms with Gasteiger partial charge in [0.25, 0.3) is 11.5 Å². The molecular formula is C32H36BrN7O3. The lowest BCUT2D eigenvalue weighted by Crippen LogP contribution is -2.46. The lowest BCUT2D eigenvalue weighted by molar-refractivity contribution is 0.0652. The van der Waals surface area contributed by atoms with E-state index in [2.05, 4.69) is 30.9 Å². The molecule has 0 bridgehead atoms. The van der Waals surface area contributed by atoms with Crippen molar-refractivity contribution >= 4 is 21.8 Å². The molecule has 1 aromatic carbocycles. The molecule has 5 heterocycles. The second-order valence-corrected chi connectivity index (χ2v) is 12.4. The molecule has 6 rings (SSSR count). The highest BCUT2D eigenvalue weighted by molar-refractivity contribution is 9.10. The van der Waals surface area contributed by atoms with E-state index in [0.29, 0.717) is 47.4 Å². The Bertz CT molecular complexity index is 1720. The molecule has 2 aliphatic heterocycles. The molecule has 1 fully saturated rings. The highest BCUT2D eigenvalue weighted by atomic mass is 79.9. The minimum Gasteiger partial charge on any atom is -0.476 e. The number of rotatable bonds is 7. The third-order valence-corrected chi connectivity index (χ3v) is 9.19. The molecule has 1 unspecified atom stereocenters. The molecular weight excluding hydrogens is 610 g/mol. The molecule has 224 valence electrons. The molecule has 0 aliphatic carbocycles. The smallest absolute Gasteiger partial charge is 0.263 e. The second-order valence-electron chi connectivity index (χ2n) is 11.5. The van der Waals surface area contributed by atoms with E-state index in [9.17, 15) is 9.59 Å². The predicted octanol–water partition coefficient (Wildman–Crippen LogP) is 4.56. The van der Waals surface area contributed by atoms with Gasteiger partial charge in [-0.15, -0.1) is 0 Å². The number of pyridine rings is 1. The summed E-state index contributed by atoms with van der Waals surface area (Å²) in [7, 11) is 0. The van der Waals surface area contributed by atoms with Crippen LogP contribution >= 0.6 is 15.9 Å². The van der Waals surface area contributed by atoms with Crippen molar-refractivity contribution in [1.29, 1.82) is 0 Å². The quantitative estimate of drug-likeness (QED) is 0.291. The molecule has 4 aromatic rings. The first-order valence-electron chi connectivity index (χ1n) is 14.8. The number of aryl methyl sites for hydroxylation is 3. The highest BCUT2D eigenvalue weighted by Crippen LogP contribution is 2.26. The Labute approximate surface area is 259 Å². The van der Waals surface area contributed by atoms with E-state index >= 15 is 0 Å². The SMILES string of the molecule is Cc1cc(C)n(-c2nc3c(c(=O)n2-c2ccc(OCCN4CCCC4)nc2)CC(C)N(C(=O)c2ccc(Br)c(C)c2)C3)n1. The Kier molecular flexibility index (Phi) is 8.19. The Morgan fingerprint density at radius 2 is 1.88 bits per heavy atom. The number of nitrogens with zero attached hydrogens (tertiary/aromatic N) is 7. The largest absolute Gasteiger partial charge is 0.476 e. The summed E-state index contributed by atoms with van der Waals surface area (Å²) in [4.78, 5) is 41.5. The summed E-state index contributed by atoms with van der Waals surface area (Å²) in [5.74, 6) is 0.790. The van der Waals surface area contributed by atoms with E-state index in [1.165, 1.54) is 12.8 Å². The van der Waals surface area contributed by atoms with Crippen LogP contribution in [0.5, 0.6) is 5.88 Å². The normalized spacial score (nSPS) is 16.9. The summed E-state index contributed by atoms with van der Waals surface area (Å²) in [6, 6.07) is 11.0. The molecule has 3 aromatic heterocycles. The van der Waals surface area contributed by atoms with Crippen molar-refractivity contribution in [3.05, 3.63) is 91.2 Å². The number of amides is 1. The van der Waals surface area contributed by atoms with E-state index in [-0.39, 0.29) is 24.1 Å². The molecule has 0 radical (unpaired) electrons. The molecule has 10 nitrogen and oxygen atoms in total. The van der Waals surface area contributed by atoms with Gasteiger partial charge < -0.3 is 9.64 Å². The number of hydrogen-bond acceptors (Lipinski definition) is 7. The van der Waals surface area contributed by atoms with E-state index < -0.39 is 0 Å². The van der Waals surface area contributed by atoms with Crippen LogP contribution in [-0.4, -0.2) is 72.3 Å². The number of fused-ring (bicyclic) bond motifs is 1. The van der Waals surface area contributed by atoms with Crippen LogP contribution in [0.1, 0.15) is 58.3 Å². The minimum absolute atomic E-state index is 0.0862. The summed E-state index contributed by atoms with van der Waals surface area (Å²) < 4.78 is 10.1. The van der Waals surface area contributed by atoms with Crippen molar-refractivity contribution in [2.45, 2.75) is 59.5 Å². The van der Waals surface area contributed by atoms with Crippen LogP contribution in [0.25, 0.3) is 11.6 Å². The number of aromatic nitrogens is 5. The van der Waals surface area contributed by atoms with Gasteiger partial charge in [-0.1, -0.05) is 15.9 Å². The molecule has 1 atom stereocenters. The molecule has 1 amide bonds. The topological polar surface area (TPSA) is 98.4 Å².